The van der Waals surface area contributed by atoms with Gasteiger partial charge in [0, 0.05) is 11.1 Å². The van der Waals surface area contributed by atoms with Gasteiger partial charge in [-0.15, -0.1) is 0 Å². The van der Waals surface area contributed by atoms with E-state index in [0.717, 1.165) is 0 Å². The van der Waals surface area contributed by atoms with Gasteiger partial charge in [-0.3, -0.25) is 9.59 Å². The molecule has 0 atom stereocenters. The third kappa shape index (κ3) is 12.5. The molecule has 0 fully saturated rings. The van der Waals surface area contributed by atoms with Gasteiger partial charge in [-0.2, -0.15) is 0 Å². The molecule has 0 saturated heterocycles. The van der Waals surface area contributed by atoms with Crippen molar-refractivity contribution in [1.82, 2.24) is 12.3 Å². The number of allylic oxidation sites excluding steroid dienone is 2. The van der Waals surface area contributed by atoms with Crippen LogP contribution in [0, 0.1) is 0 Å². The summed E-state index contributed by atoms with van der Waals surface area (Å²) >= 11 is 23.8. The van der Waals surface area contributed by atoms with Crippen molar-refractivity contribution in [3.63, 3.8) is 0 Å². The van der Waals surface area contributed by atoms with Crippen LogP contribution in [0.1, 0.15) is 47.4 Å². The van der Waals surface area contributed by atoms with Crippen molar-refractivity contribution in [2.45, 2.75) is 26.7 Å². The van der Waals surface area contributed by atoms with E-state index in [0.29, 0.717) is 24.0 Å². The average Bonchev–Trinajstić information content (AvgIpc) is 2.88. The molecule has 6 N–H and O–H groups in total. The molecule has 0 radical (unpaired) electrons. The third-order valence-corrected chi connectivity index (χ3v) is 6.50. The van der Waals surface area contributed by atoms with Gasteiger partial charge in [-0.25, -0.2) is 0 Å². The largest absolute Gasteiger partial charge is 2.00 e. The molecule has 2 rings (SSSR count). The fourth-order valence-corrected chi connectivity index (χ4v) is 3.54. The number of carboxylic acid groups (broad SMARTS) is 2. The molecule has 228 valence electrons. The molecule has 0 aliphatic heterocycles. The van der Waals surface area contributed by atoms with Crippen LogP contribution in [-0.2, 0) is 30.7 Å². The van der Waals surface area contributed by atoms with Crippen molar-refractivity contribution in [3.8, 4) is 11.5 Å². The Morgan fingerprint density at radius 2 is 0.951 bits per heavy atom. The Labute approximate surface area is 272 Å². The van der Waals surface area contributed by atoms with Crippen LogP contribution >= 0.6 is 46.4 Å². The summed E-state index contributed by atoms with van der Waals surface area (Å²) in [4.78, 5) is 44.5. The molecule has 10 nitrogen and oxygen atoms in total. The smallest absolute Gasteiger partial charge is 0.546 e. The van der Waals surface area contributed by atoms with Crippen LogP contribution in [0.5, 0.6) is 11.5 Å². The summed E-state index contributed by atoms with van der Waals surface area (Å²) < 4.78 is 9.78. The third-order valence-electron chi connectivity index (χ3n) is 4.77. The Hall–Kier alpha value is -2.43. The number of rotatable bonds is 12. The van der Waals surface area contributed by atoms with Gasteiger partial charge in [0.15, 0.2) is 11.6 Å². The van der Waals surface area contributed by atoms with Crippen LogP contribution in [0.25, 0.3) is 0 Å². The minimum atomic E-state index is -1.38. The maximum absolute atomic E-state index is 11.9. The molecule has 2 aromatic rings. The zero-order valence-corrected chi connectivity index (χ0v) is 27.4. The summed E-state index contributed by atoms with van der Waals surface area (Å²) in [5, 5.41) is 20.6. The molecule has 0 aliphatic carbocycles. The van der Waals surface area contributed by atoms with Gasteiger partial charge in [-0.05, 0) is 48.3 Å². The van der Waals surface area contributed by atoms with E-state index in [1.807, 2.05) is 0 Å². The topological polar surface area (TPSA) is 203 Å². The van der Waals surface area contributed by atoms with Gasteiger partial charge >= 0.3 is 21.1 Å². The number of hydrogen-bond acceptors (Lipinski definition) is 10. The first-order valence-corrected chi connectivity index (χ1v) is 12.3. The molecule has 0 bridgehead atoms. The van der Waals surface area contributed by atoms with Crippen molar-refractivity contribution in [1.29, 1.82) is 0 Å². The summed E-state index contributed by atoms with van der Waals surface area (Å²) in [6.45, 7) is 9.57. The summed E-state index contributed by atoms with van der Waals surface area (Å²) in [6, 6.07) is 5.60. The van der Waals surface area contributed by atoms with Crippen LogP contribution in [0.15, 0.2) is 48.6 Å². The van der Waals surface area contributed by atoms with Crippen molar-refractivity contribution < 1.29 is 59.9 Å². The first kappa shape index (κ1) is 43.0. The van der Waals surface area contributed by atoms with Gasteiger partial charge in [0.25, 0.3) is 0 Å². The number of carboxylic acids is 2. The quantitative estimate of drug-likeness (QED) is 0.220. The summed E-state index contributed by atoms with van der Waals surface area (Å²) in [5.74, 6) is -3.22. The van der Waals surface area contributed by atoms with E-state index in [4.69, 9.17) is 55.9 Å². The predicted octanol–water partition coefficient (Wildman–Crippen LogP) is 4.86. The molecular weight excluding hydrogens is 805 g/mol. The van der Waals surface area contributed by atoms with E-state index in [-0.39, 0.29) is 87.6 Å². The first-order chi connectivity index (χ1) is 17.8. The molecule has 2 aromatic carbocycles. The van der Waals surface area contributed by atoms with E-state index < -0.39 is 25.2 Å². The minimum absolute atomic E-state index is 0. The molecule has 15 heteroatoms. The Bertz CT molecular complexity index is 1190. The number of benzene rings is 2. The van der Waals surface area contributed by atoms with Crippen LogP contribution in [0.3, 0.4) is 0 Å². The van der Waals surface area contributed by atoms with Crippen LogP contribution in [-0.4, -0.2) is 36.7 Å². The summed E-state index contributed by atoms with van der Waals surface area (Å²) in [7, 11) is 0. The number of ketones is 2. The Morgan fingerprint density at radius 3 is 1.20 bits per heavy atom. The monoisotopic (exact) mass is 831 g/mol. The van der Waals surface area contributed by atoms with Gasteiger partial charge in [0.2, 0.25) is 0 Å². The number of halogens is 4. The van der Waals surface area contributed by atoms with Gasteiger partial charge in [0.05, 0.1) is 22.0 Å². The molecule has 0 aromatic heterocycles. The van der Waals surface area contributed by atoms with Crippen molar-refractivity contribution in [2.75, 3.05) is 13.2 Å². The van der Waals surface area contributed by atoms with Gasteiger partial charge in [0.1, 0.15) is 34.8 Å². The maximum Gasteiger partial charge on any atom is 2.00 e. The molecule has 0 unspecified atom stereocenters. The normalized spacial score (nSPS) is 9.32. The van der Waals surface area contributed by atoms with Crippen molar-refractivity contribution >= 4 is 69.9 Å². The molecule has 0 aliphatic rings. The molecule has 0 saturated carbocycles. The minimum Gasteiger partial charge on any atom is -0.546 e. The standard InChI is InChI=1S/2C13H12Cl2O4.2H3N.Pt/c2*1-3-7(2)13(18)8-4-5-9(12(15)11(8)14)19-6-10(16)17;;;/h2*4-5H,2-3,6H2,1H3,(H,16,17);2*1H3;/q;;;;+2/p-2. The second kappa shape index (κ2) is 20.4. The SMILES string of the molecule is C=C(CC)C(=O)c1ccc(OCC(=O)[O-])c(Cl)c1Cl.C=C(CC)C(=O)c1ccc(OCC(=O)[O-])c(Cl)c1Cl.N.N.[Pt+2]. The maximum atomic E-state index is 11.9. The number of carbonyl (C=O) groups is 4. The van der Waals surface area contributed by atoms with E-state index in [9.17, 15) is 29.4 Å². The Kier molecular flexibility index (Phi) is 21.5. The predicted molar refractivity (Wildman–Crippen MR) is 151 cm³/mol. The molecular formula is C26H28Cl4N2O8Pt. The molecule has 41 heavy (non-hydrogen) atoms. The van der Waals surface area contributed by atoms with Crippen molar-refractivity contribution in [2.24, 2.45) is 0 Å². The number of hydrogen-bond donors (Lipinski definition) is 2. The Balaban J connectivity index is -0.000000656. The molecule has 0 spiro atoms. The first-order valence-electron chi connectivity index (χ1n) is 10.8. The van der Waals surface area contributed by atoms with Crippen LogP contribution in [0.2, 0.25) is 20.1 Å². The summed E-state index contributed by atoms with van der Waals surface area (Å²) in [6.07, 6.45) is 0.992. The average molecular weight is 833 g/mol. The number of Topliss-reactive ketones (excluding diaryl/α,β-unsaturated/α-hetero) is 2. The number of aliphatic carboxylic acids is 2. The Morgan fingerprint density at radius 1 is 0.659 bits per heavy atom. The fraction of sp³-hybridized carbons (Fsp3) is 0.231. The van der Waals surface area contributed by atoms with Crippen molar-refractivity contribution in [3.05, 3.63) is 79.8 Å². The summed E-state index contributed by atoms with van der Waals surface area (Å²) in [5.41, 5.74) is 1.22. The second-order valence-corrected chi connectivity index (χ2v) is 8.88. The van der Waals surface area contributed by atoms with E-state index in [1.165, 1.54) is 24.3 Å². The molecule has 0 heterocycles. The van der Waals surface area contributed by atoms with Gasteiger partial charge in [-0.1, -0.05) is 73.4 Å². The number of ether oxygens (including phenoxy) is 2. The van der Waals surface area contributed by atoms with Crippen LogP contribution < -0.4 is 32.0 Å². The number of carbonyl (C=O) groups excluding carboxylic acids is 4. The fourth-order valence-electron chi connectivity index (χ4n) is 2.61. The zero-order valence-electron chi connectivity index (χ0n) is 22.1. The van der Waals surface area contributed by atoms with Crippen LogP contribution in [0.4, 0.5) is 0 Å². The van der Waals surface area contributed by atoms with E-state index >= 15 is 0 Å². The van der Waals surface area contributed by atoms with E-state index in [1.54, 1.807) is 13.8 Å². The second-order valence-electron chi connectivity index (χ2n) is 7.37. The van der Waals surface area contributed by atoms with Gasteiger partial charge < -0.3 is 41.6 Å². The zero-order chi connectivity index (χ0) is 29.2. The van der Waals surface area contributed by atoms with E-state index in [2.05, 4.69) is 13.2 Å². The molecule has 0 amide bonds.